The van der Waals surface area contributed by atoms with Crippen molar-refractivity contribution in [3.63, 3.8) is 0 Å². The molecule has 1 heterocycles. The van der Waals surface area contributed by atoms with Crippen molar-refractivity contribution >= 4 is 24.0 Å². The second-order valence-electron chi connectivity index (χ2n) is 17.5. The van der Waals surface area contributed by atoms with Crippen LogP contribution in [-0.2, 0) is 40.7 Å². The van der Waals surface area contributed by atoms with Crippen LogP contribution >= 0.6 is 0 Å². The van der Waals surface area contributed by atoms with Gasteiger partial charge in [0, 0.05) is 18.4 Å². The van der Waals surface area contributed by atoms with E-state index in [0.29, 0.717) is 0 Å². The fraction of sp³-hybridized carbons (Fsp3) is 0.245. The maximum atomic E-state index is 15.2. The highest BCUT2D eigenvalue weighted by molar-refractivity contribution is 5.92. The molecule has 10 nitrogen and oxygen atoms in total. The summed E-state index contributed by atoms with van der Waals surface area (Å²) in [6.07, 6.45) is -1.56. The molecule has 1 aliphatic heterocycles. The van der Waals surface area contributed by atoms with Gasteiger partial charge in [0.15, 0.2) is 5.54 Å². The first-order valence-corrected chi connectivity index (χ1v) is 21.2. The van der Waals surface area contributed by atoms with Gasteiger partial charge in [-0.15, -0.1) is 0 Å². The number of alkyl carbamates (subject to hydrolysis) is 1. The molecule has 0 unspecified atom stereocenters. The SMILES string of the molecule is CC(C)(C)OC(=O)C[C@H]1[C@@H](C(=O)OCc2ccccc2)N(C2(c3ccccc3)c3ccccc3-c3ccccc32)C[C@@]1(NC(=O)OCC1c2ccccc2-c2ccccc21)C(=O)O. The molecule has 6 aromatic carbocycles. The molecule has 2 aliphatic carbocycles. The van der Waals surface area contributed by atoms with Gasteiger partial charge in [-0.05, 0) is 76.4 Å². The van der Waals surface area contributed by atoms with Crippen LogP contribution in [0.1, 0.15) is 66.5 Å². The third kappa shape index (κ3) is 7.24. The van der Waals surface area contributed by atoms with Crippen molar-refractivity contribution in [3.8, 4) is 22.3 Å². The molecule has 3 atom stereocenters. The van der Waals surface area contributed by atoms with Crippen LogP contribution in [0.3, 0.4) is 0 Å². The molecule has 10 heteroatoms. The fourth-order valence-corrected chi connectivity index (χ4v) is 10.2. The number of carbonyl (C=O) groups excluding carboxylic acids is 3. The zero-order valence-electron chi connectivity index (χ0n) is 35.3. The first kappa shape index (κ1) is 41.3. The van der Waals surface area contributed by atoms with Crippen LogP contribution in [0.2, 0.25) is 0 Å². The van der Waals surface area contributed by atoms with E-state index in [4.69, 9.17) is 14.2 Å². The number of nitrogens with zero attached hydrogens (tertiary/aromatic N) is 1. The summed E-state index contributed by atoms with van der Waals surface area (Å²) in [6, 6.07) is 48.9. The van der Waals surface area contributed by atoms with Gasteiger partial charge in [-0.25, -0.2) is 9.59 Å². The highest BCUT2D eigenvalue weighted by Crippen LogP contribution is 2.58. The van der Waals surface area contributed by atoms with Gasteiger partial charge in [0.2, 0.25) is 0 Å². The van der Waals surface area contributed by atoms with Crippen LogP contribution in [-0.4, -0.2) is 64.3 Å². The lowest BCUT2D eigenvalue weighted by molar-refractivity contribution is -0.160. The number of benzene rings is 6. The van der Waals surface area contributed by atoms with E-state index >= 15 is 4.79 Å². The quantitative estimate of drug-likeness (QED) is 0.0969. The predicted molar refractivity (Wildman–Crippen MR) is 237 cm³/mol. The minimum Gasteiger partial charge on any atom is -0.479 e. The summed E-state index contributed by atoms with van der Waals surface area (Å²) in [6.45, 7) is 4.51. The molecule has 1 saturated heterocycles. The van der Waals surface area contributed by atoms with Crippen molar-refractivity contribution in [2.24, 2.45) is 5.92 Å². The minimum absolute atomic E-state index is 0.0900. The van der Waals surface area contributed by atoms with Crippen LogP contribution in [0.5, 0.6) is 0 Å². The number of amides is 1. The Balaban J connectivity index is 1.19. The van der Waals surface area contributed by atoms with Gasteiger partial charge in [-0.3, -0.25) is 14.5 Å². The summed E-state index contributed by atoms with van der Waals surface area (Å²) in [4.78, 5) is 60.0. The van der Waals surface area contributed by atoms with Crippen LogP contribution in [0.15, 0.2) is 158 Å². The molecule has 2 N–H and O–H groups in total. The molecule has 6 aromatic rings. The lowest BCUT2D eigenvalue weighted by Gasteiger charge is -2.44. The zero-order valence-corrected chi connectivity index (χ0v) is 35.3. The highest BCUT2D eigenvalue weighted by Gasteiger charge is 2.67. The number of aliphatic carboxylic acids is 1. The van der Waals surface area contributed by atoms with E-state index < -0.39 is 65.6 Å². The largest absolute Gasteiger partial charge is 0.479 e. The first-order valence-electron chi connectivity index (χ1n) is 21.2. The molecule has 318 valence electrons. The number of carbonyl (C=O) groups is 4. The van der Waals surface area contributed by atoms with Crippen molar-refractivity contribution in [3.05, 3.63) is 191 Å². The monoisotopic (exact) mass is 840 g/mol. The summed E-state index contributed by atoms with van der Waals surface area (Å²) in [5, 5.41) is 14.5. The van der Waals surface area contributed by atoms with E-state index in [-0.39, 0.29) is 19.1 Å². The van der Waals surface area contributed by atoms with Gasteiger partial charge in [-0.2, -0.15) is 0 Å². The summed E-state index contributed by atoms with van der Waals surface area (Å²) in [5.74, 6) is -4.68. The van der Waals surface area contributed by atoms with E-state index in [1.807, 2.05) is 163 Å². The number of nitrogens with one attached hydrogen (secondary N) is 1. The van der Waals surface area contributed by atoms with E-state index in [9.17, 15) is 19.5 Å². The van der Waals surface area contributed by atoms with Crippen molar-refractivity contribution in [2.75, 3.05) is 13.2 Å². The number of carboxylic acid groups (broad SMARTS) is 1. The highest BCUT2D eigenvalue weighted by atomic mass is 16.6. The van der Waals surface area contributed by atoms with Crippen molar-refractivity contribution in [2.45, 2.75) is 62.4 Å². The van der Waals surface area contributed by atoms with Crippen molar-refractivity contribution < 1.29 is 38.5 Å². The second-order valence-corrected chi connectivity index (χ2v) is 17.5. The summed E-state index contributed by atoms with van der Waals surface area (Å²) in [5.41, 5.74) is 4.37. The summed E-state index contributed by atoms with van der Waals surface area (Å²) < 4.78 is 18.0. The van der Waals surface area contributed by atoms with E-state index in [0.717, 1.165) is 55.6 Å². The van der Waals surface area contributed by atoms with Crippen LogP contribution < -0.4 is 5.32 Å². The molecule has 0 saturated carbocycles. The Morgan fingerprint density at radius 2 is 1.17 bits per heavy atom. The van der Waals surface area contributed by atoms with Gasteiger partial charge in [0.1, 0.15) is 24.9 Å². The number of likely N-dealkylation sites (tertiary alicyclic amines) is 1. The maximum absolute atomic E-state index is 15.2. The van der Waals surface area contributed by atoms with Gasteiger partial charge in [-0.1, -0.05) is 158 Å². The molecule has 3 aliphatic rings. The Morgan fingerprint density at radius 1 is 0.667 bits per heavy atom. The zero-order chi connectivity index (χ0) is 43.9. The normalized spacial score (nSPS) is 19.5. The molecule has 9 rings (SSSR count). The molecule has 63 heavy (non-hydrogen) atoms. The molecule has 1 amide bonds. The molecule has 0 bridgehead atoms. The van der Waals surface area contributed by atoms with Crippen LogP contribution in [0.4, 0.5) is 4.79 Å². The van der Waals surface area contributed by atoms with Crippen LogP contribution in [0.25, 0.3) is 22.3 Å². The second kappa shape index (κ2) is 16.3. The average Bonchev–Trinajstić information content (AvgIpc) is 3.89. The minimum atomic E-state index is -2.29. The lowest BCUT2D eigenvalue weighted by Crippen LogP contribution is -2.61. The number of hydrogen-bond acceptors (Lipinski definition) is 8. The molecule has 0 aromatic heterocycles. The van der Waals surface area contributed by atoms with Crippen molar-refractivity contribution in [1.82, 2.24) is 10.2 Å². The third-order valence-corrected chi connectivity index (χ3v) is 12.6. The first-order chi connectivity index (χ1) is 30.4. The van der Waals surface area contributed by atoms with Gasteiger partial charge in [0.25, 0.3) is 0 Å². The Hall–Kier alpha value is -7.04. The van der Waals surface area contributed by atoms with Gasteiger partial charge >= 0.3 is 24.0 Å². The van der Waals surface area contributed by atoms with Crippen LogP contribution in [0, 0.1) is 5.92 Å². The average molecular weight is 841 g/mol. The number of carboxylic acids is 1. The molecular weight excluding hydrogens is 793 g/mol. The molecule has 1 fully saturated rings. The number of fused-ring (bicyclic) bond motifs is 6. The number of esters is 2. The Bertz CT molecular complexity index is 2620. The molecular formula is C53H48N2O8. The third-order valence-electron chi connectivity index (χ3n) is 12.6. The van der Waals surface area contributed by atoms with Crippen molar-refractivity contribution in [1.29, 1.82) is 0 Å². The topological polar surface area (TPSA) is 131 Å². The number of hydrogen-bond donors (Lipinski definition) is 2. The standard InChI is InChI=1S/C53H48N2O8/c1-51(2,3)63-46(56)30-45-47(48(57)61-31-34-18-6-4-7-19-34)55(53(35-20-8-5-9-21-35)43-28-16-14-26-40(43)41-27-15-17-29-44(41)53)33-52(45,49(58)59)54-50(60)62-32-42-38-24-12-10-22-36(38)37-23-11-13-25-39(37)42/h4-29,42,45,47H,30-33H2,1-3H3,(H,54,60)(H,58,59)/t45-,47-,52-/m0/s1. The van der Waals surface area contributed by atoms with E-state index in [2.05, 4.69) is 5.32 Å². The van der Waals surface area contributed by atoms with E-state index in [1.165, 1.54) is 0 Å². The summed E-state index contributed by atoms with van der Waals surface area (Å²) in [7, 11) is 0. The van der Waals surface area contributed by atoms with Gasteiger partial charge < -0.3 is 24.6 Å². The predicted octanol–water partition coefficient (Wildman–Crippen LogP) is 9.10. The Kier molecular flexibility index (Phi) is 10.7. The molecule has 0 spiro atoms. The molecule has 0 radical (unpaired) electrons. The fourth-order valence-electron chi connectivity index (χ4n) is 10.2. The summed E-state index contributed by atoms with van der Waals surface area (Å²) >= 11 is 0. The Labute approximate surface area is 366 Å². The lowest BCUT2D eigenvalue weighted by atomic mass is 9.78. The number of ether oxygens (including phenoxy) is 3. The Morgan fingerprint density at radius 3 is 1.73 bits per heavy atom. The smallest absolute Gasteiger partial charge is 0.408 e. The van der Waals surface area contributed by atoms with E-state index in [1.54, 1.807) is 20.8 Å². The maximum Gasteiger partial charge on any atom is 0.408 e. The number of rotatable bonds is 11. The van der Waals surface area contributed by atoms with Gasteiger partial charge in [0.05, 0.1) is 12.0 Å².